The molecule has 4 heteroatoms. The van der Waals surface area contributed by atoms with Gasteiger partial charge in [0.15, 0.2) is 0 Å². The van der Waals surface area contributed by atoms with Crippen molar-refractivity contribution in [3.05, 3.63) is 53.6 Å². The van der Waals surface area contributed by atoms with Crippen LogP contribution in [0.2, 0.25) is 0 Å². The van der Waals surface area contributed by atoms with E-state index in [1.165, 1.54) is 5.56 Å². The first kappa shape index (κ1) is 15.9. The maximum absolute atomic E-state index is 12.1. The summed E-state index contributed by atoms with van der Waals surface area (Å²) in [5.74, 6) is 0.551. The third-order valence-corrected chi connectivity index (χ3v) is 3.44. The van der Waals surface area contributed by atoms with Gasteiger partial charge in [-0.05, 0) is 48.7 Å². The van der Waals surface area contributed by atoms with Gasteiger partial charge in [-0.15, -0.1) is 0 Å². The van der Waals surface area contributed by atoms with Crippen LogP contribution in [-0.4, -0.2) is 19.6 Å². The number of amides is 1. The van der Waals surface area contributed by atoms with E-state index in [4.69, 9.17) is 4.74 Å². The van der Waals surface area contributed by atoms with E-state index in [0.717, 1.165) is 17.7 Å². The van der Waals surface area contributed by atoms with Gasteiger partial charge in [0.05, 0.1) is 19.3 Å². The molecule has 2 aromatic rings. The van der Waals surface area contributed by atoms with Gasteiger partial charge in [-0.3, -0.25) is 4.79 Å². The summed E-state index contributed by atoms with van der Waals surface area (Å²) in [7, 11) is 1.59. The molecule has 0 aliphatic heterocycles. The Labute approximate surface area is 131 Å². The van der Waals surface area contributed by atoms with Crippen LogP contribution in [-0.2, 0) is 11.2 Å². The highest BCUT2D eigenvalue weighted by molar-refractivity contribution is 5.95. The van der Waals surface area contributed by atoms with E-state index in [-0.39, 0.29) is 12.5 Å². The van der Waals surface area contributed by atoms with Gasteiger partial charge in [-0.25, -0.2) is 0 Å². The molecule has 116 valence electrons. The standard InChI is InChI=1S/C18H22N2O2/c1-4-14-6-8-15(9-7-14)19-12-18(21)20-16-11-13(2)5-10-17(16)22-3/h5-11,19H,4,12H2,1-3H3,(H,20,21). The number of carbonyl (C=O) groups is 1. The Balaban J connectivity index is 1.94. The first-order chi connectivity index (χ1) is 10.6. The number of hydrogen-bond donors (Lipinski definition) is 2. The molecule has 0 spiro atoms. The van der Waals surface area contributed by atoms with Crippen molar-refractivity contribution in [2.75, 3.05) is 24.3 Å². The SMILES string of the molecule is CCc1ccc(NCC(=O)Nc2cc(C)ccc2OC)cc1. The molecule has 0 saturated heterocycles. The Morgan fingerprint density at radius 2 is 1.86 bits per heavy atom. The van der Waals surface area contributed by atoms with Crippen molar-refractivity contribution in [1.29, 1.82) is 0 Å². The minimum absolute atomic E-state index is 0.108. The van der Waals surface area contributed by atoms with Crippen LogP contribution in [0, 0.1) is 6.92 Å². The predicted molar refractivity (Wildman–Crippen MR) is 90.7 cm³/mol. The fourth-order valence-corrected chi connectivity index (χ4v) is 2.15. The number of hydrogen-bond acceptors (Lipinski definition) is 3. The molecule has 0 aromatic heterocycles. The number of anilines is 2. The second-order valence-electron chi connectivity index (χ2n) is 5.16. The summed E-state index contributed by atoms with van der Waals surface area (Å²) in [5.41, 5.74) is 3.97. The third-order valence-electron chi connectivity index (χ3n) is 3.44. The summed E-state index contributed by atoms with van der Waals surface area (Å²) in [6.07, 6.45) is 1.01. The van der Waals surface area contributed by atoms with Crippen molar-refractivity contribution >= 4 is 17.3 Å². The van der Waals surface area contributed by atoms with Gasteiger partial charge >= 0.3 is 0 Å². The lowest BCUT2D eigenvalue weighted by atomic mass is 10.1. The molecule has 1 amide bonds. The van der Waals surface area contributed by atoms with E-state index in [9.17, 15) is 4.79 Å². The number of benzene rings is 2. The van der Waals surface area contributed by atoms with E-state index >= 15 is 0 Å². The highest BCUT2D eigenvalue weighted by atomic mass is 16.5. The van der Waals surface area contributed by atoms with Gasteiger partial charge in [-0.1, -0.05) is 25.1 Å². The fourth-order valence-electron chi connectivity index (χ4n) is 2.15. The van der Waals surface area contributed by atoms with Gasteiger partial charge in [-0.2, -0.15) is 0 Å². The minimum atomic E-state index is -0.108. The van der Waals surface area contributed by atoms with Crippen molar-refractivity contribution in [2.24, 2.45) is 0 Å². The van der Waals surface area contributed by atoms with Crippen molar-refractivity contribution in [2.45, 2.75) is 20.3 Å². The highest BCUT2D eigenvalue weighted by Gasteiger charge is 2.07. The molecule has 0 saturated carbocycles. The van der Waals surface area contributed by atoms with E-state index in [1.54, 1.807) is 7.11 Å². The monoisotopic (exact) mass is 298 g/mol. The van der Waals surface area contributed by atoms with Gasteiger partial charge in [0.2, 0.25) is 5.91 Å². The maximum atomic E-state index is 12.1. The Morgan fingerprint density at radius 3 is 2.50 bits per heavy atom. The van der Waals surface area contributed by atoms with Crippen molar-refractivity contribution in [3.8, 4) is 5.75 Å². The summed E-state index contributed by atoms with van der Waals surface area (Å²) >= 11 is 0. The summed E-state index contributed by atoms with van der Waals surface area (Å²) in [4.78, 5) is 12.1. The molecule has 4 nitrogen and oxygen atoms in total. The molecule has 0 unspecified atom stereocenters. The molecule has 0 aliphatic carbocycles. The lowest BCUT2D eigenvalue weighted by molar-refractivity contribution is -0.114. The van der Waals surface area contributed by atoms with E-state index in [2.05, 4.69) is 29.7 Å². The number of carbonyl (C=O) groups excluding carboxylic acids is 1. The first-order valence-electron chi connectivity index (χ1n) is 7.39. The van der Waals surface area contributed by atoms with Crippen LogP contribution in [0.3, 0.4) is 0 Å². The predicted octanol–water partition coefficient (Wildman–Crippen LogP) is 3.62. The zero-order valence-electron chi connectivity index (χ0n) is 13.3. The molecule has 0 fully saturated rings. The largest absolute Gasteiger partial charge is 0.495 e. The molecule has 2 rings (SSSR count). The summed E-state index contributed by atoms with van der Waals surface area (Å²) in [5, 5.41) is 5.98. The molecule has 0 heterocycles. The van der Waals surface area contributed by atoms with Crippen LogP contribution in [0.15, 0.2) is 42.5 Å². The molecule has 0 atom stereocenters. The molecular formula is C18H22N2O2. The molecule has 22 heavy (non-hydrogen) atoms. The summed E-state index contributed by atoms with van der Waals surface area (Å²) < 4.78 is 5.25. The average molecular weight is 298 g/mol. The zero-order valence-corrected chi connectivity index (χ0v) is 13.3. The number of methoxy groups -OCH3 is 1. The Morgan fingerprint density at radius 1 is 1.14 bits per heavy atom. The van der Waals surface area contributed by atoms with Crippen LogP contribution < -0.4 is 15.4 Å². The highest BCUT2D eigenvalue weighted by Crippen LogP contribution is 2.25. The van der Waals surface area contributed by atoms with Crippen LogP contribution in [0.1, 0.15) is 18.1 Å². The Kier molecular flexibility index (Phi) is 5.42. The lowest BCUT2D eigenvalue weighted by Gasteiger charge is -2.12. The number of rotatable bonds is 6. The topological polar surface area (TPSA) is 50.4 Å². The smallest absolute Gasteiger partial charge is 0.243 e. The molecule has 0 bridgehead atoms. The van der Waals surface area contributed by atoms with E-state index < -0.39 is 0 Å². The van der Waals surface area contributed by atoms with Crippen LogP contribution in [0.5, 0.6) is 5.75 Å². The zero-order chi connectivity index (χ0) is 15.9. The van der Waals surface area contributed by atoms with Gasteiger partial charge in [0, 0.05) is 5.69 Å². The molecule has 0 aliphatic rings. The summed E-state index contributed by atoms with van der Waals surface area (Å²) in [6.45, 7) is 4.30. The van der Waals surface area contributed by atoms with Gasteiger partial charge in [0.25, 0.3) is 0 Å². The molecule has 2 N–H and O–H groups in total. The lowest BCUT2D eigenvalue weighted by Crippen LogP contribution is -2.22. The van der Waals surface area contributed by atoms with E-state index in [0.29, 0.717) is 11.4 Å². The van der Waals surface area contributed by atoms with Crippen LogP contribution >= 0.6 is 0 Å². The van der Waals surface area contributed by atoms with Crippen LogP contribution in [0.4, 0.5) is 11.4 Å². The van der Waals surface area contributed by atoms with Crippen molar-refractivity contribution in [3.63, 3.8) is 0 Å². The minimum Gasteiger partial charge on any atom is -0.495 e. The Hall–Kier alpha value is -2.49. The molecule has 2 aromatic carbocycles. The summed E-state index contributed by atoms with van der Waals surface area (Å²) in [6, 6.07) is 13.8. The molecular weight excluding hydrogens is 276 g/mol. The normalized spacial score (nSPS) is 10.1. The average Bonchev–Trinajstić information content (AvgIpc) is 2.53. The van der Waals surface area contributed by atoms with E-state index in [1.807, 2.05) is 37.3 Å². The van der Waals surface area contributed by atoms with Crippen molar-refractivity contribution in [1.82, 2.24) is 0 Å². The second kappa shape index (κ2) is 7.50. The van der Waals surface area contributed by atoms with Gasteiger partial charge in [0.1, 0.15) is 5.75 Å². The van der Waals surface area contributed by atoms with Crippen molar-refractivity contribution < 1.29 is 9.53 Å². The second-order valence-corrected chi connectivity index (χ2v) is 5.16. The van der Waals surface area contributed by atoms with Gasteiger partial charge < -0.3 is 15.4 Å². The van der Waals surface area contributed by atoms with Crippen LogP contribution in [0.25, 0.3) is 0 Å². The first-order valence-corrected chi connectivity index (χ1v) is 7.39. The number of nitrogens with one attached hydrogen (secondary N) is 2. The Bertz CT molecular complexity index is 636. The maximum Gasteiger partial charge on any atom is 0.243 e. The molecule has 0 radical (unpaired) electrons. The number of aryl methyl sites for hydroxylation is 2. The fraction of sp³-hybridized carbons (Fsp3) is 0.278. The third kappa shape index (κ3) is 4.25. The quantitative estimate of drug-likeness (QED) is 0.856. The number of ether oxygens (including phenoxy) is 1.